The number of carbonyl (C=O) groups excluding carboxylic acids is 3. The molecule has 0 saturated heterocycles. The Balaban J connectivity index is 1.62. The minimum absolute atomic E-state index is 0.111. The van der Waals surface area contributed by atoms with E-state index < -0.39 is 0 Å². The van der Waals surface area contributed by atoms with E-state index >= 15 is 0 Å². The Morgan fingerprint density at radius 1 is 1.00 bits per heavy atom. The SMILES string of the molecule is COC(=O)c1ccc(C2=CC[C@]3(C)CN(C(=O)c4ccccc4C=O)CC=C3C2(C)C)cc1. The Bertz CT molecular complexity index is 1170. The van der Waals surface area contributed by atoms with E-state index in [9.17, 15) is 14.4 Å². The van der Waals surface area contributed by atoms with E-state index in [1.165, 1.54) is 18.3 Å². The monoisotopic (exact) mass is 443 g/mol. The molecule has 1 aliphatic carbocycles. The fraction of sp³-hybridized carbons (Fsp3) is 0.321. The Kier molecular flexibility index (Phi) is 5.83. The molecule has 2 aromatic rings. The van der Waals surface area contributed by atoms with Crippen LogP contribution in [0, 0.1) is 10.8 Å². The summed E-state index contributed by atoms with van der Waals surface area (Å²) in [4.78, 5) is 38.3. The van der Waals surface area contributed by atoms with E-state index in [2.05, 4.69) is 32.9 Å². The van der Waals surface area contributed by atoms with E-state index in [-0.39, 0.29) is 22.7 Å². The first-order valence-electron chi connectivity index (χ1n) is 11.2. The summed E-state index contributed by atoms with van der Waals surface area (Å²) < 4.78 is 4.81. The van der Waals surface area contributed by atoms with Crippen molar-refractivity contribution in [1.29, 1.82) is 0 Å². The number of ether oxygens (including phenoxy) is 1. The second-order valence-electron chi connectivity index (χ2n) is 9.59. The molecule has 5 heteroatoms. The van der Waals surface area contributed by atoms with Crippen LogP contribution in [0.25, 0.3) is 5.57 Å². The first kappa shape index (κ1) is 22.7. The van der Waals surface area contributed by atoms with Gasteiger partial charge in [0.05, 0.1) is 18.2 Å². The van der Waals surface area contributed by atoms with Crippen LogP contribution in [0.15, 0.2) is 66.3 Å². The topological polar surface area (TPSA) is 63.7 Å². The number of allylic oxidation sites excluding steroid dienone is 2. The molecule has 170 valence electrons. The smallest absolute Gasteiger partial charge is 0.337 e. The molecule has 0 spiro atoms. The highest BCUT2D eigenvalue weighted by Crippen LogP contribution is 2.55. The number of benzene rings is 2. The van der Waals surface area contributed by atoms with Crippen LogP contribution in [0.5, 0.6) is 0 Å². The molecule has 2 aliphatic rings. The van der Waals surface area contributed by atoms with Crippen LogP contribution >= 0.6 is 0 Å². The summed E-state index contributed by atoms with van der Waals surface area (Å²) in [6, 6.07) is 14.5. The number of rotatable bonds is 4. The molecular weight excluding hydrogens is 414 g/mol. The molecule has 4 rings (SSSR count). The van der Waals surface area contributed by atoms with E-state index in [4.69, 9.17) is 4.74 Å². The third-order valence-electron chi connectivity index (χ3n) is 7.03. The number of nitrogens with zero attached hydrogens (tertiary/aromatic N) is 1. The zero-order valence-electron chi connectivity index (χ0n) is 19.6. The van der Waals surface area contributed by atoms with E-state index in [0.717, 1.165) is 18.3 Å². The number of methoxy groups -OCH3 is 1. The summed E-state index contributed by atoms with van der Waals surface area (Å²) in [6.07, 6.45) is 5.98. The molecule has 1 amide bonds. The fourth-order valence-electron chi connectivity index (χ4n) is 5.43. The van der Waals surface area contributed by atoms with Crippen LogP contribution < -0.4 is 0 Å². The average molecular weight is 444 g/mol. The number of aldehydes is 1. The van der Waals surface area contributed by atoms with Crippen molar-refractivity contribution >= 4 is 23.7 Å². The van der Waals surface area contributed by atoms with Gasteiger partial charge in [-0.05, 0) is 35.8 Å². The van der Waals surface area contributed by atoms with Gasteiger partial charge in [-0.1, -0.05) is 68.8 Å². The molecule has 0 bridgehead atoms. The van der Waals surface area contributed by atoms with Crippen LogP contribution in [0.1, 0.15) is 63.8 Å². The van der Waals surface area contributed by atoms with Crippen LogP contribution in [0.4, 0.5) is 0 Å². The Morgan fingerprint density at radius 3 is 2.36 bits per heavy atom. The second-order valence-corrected chi connectivity index (χ2v) is 9.59. The van der Waals surface area contributed by atoms with Gasteiger partial charge in [-0.3, -0.25) is 9.59 Å². The van der Waals surface area contributed by atoms with Crippen LogP contribution in [0.2, 0.25) is 0 Å². The molecule has 2 aromatic carbocycles. The summed E-state index contributed by atoms with van der Waals surface area (Å²) in [5.74, 6) is -0.456. The first-order valence-corrected chi connectivity index (χ1v) is 11.2. The molecule has 1 heterocycles. The van der Waals surface area contributed by atoms with Crippen LogP contribution in [0.3, 0.4) is 0 Å². The lowest BCUT2D eigenvalue weighted by atomic mass is 9.58. The van der Waals surface area contributed by atoms with Crippen molar-refractivity contribution in [3.63, 3.8) is 0 Å². The van der Waals surface area contributed by atoms with Crippen molar-refractivity contribution in [1.82, 2.24) is 4.90 Å². The van der Waals surface area contributed by atoms with Gasteiger partial charge in [-0.25, -0.2) is 4.79 Å². The highest BCUT2D eigenvalue weighted by Gasteiger charge is 2.46. The van der Waals surface area contributed by atoms with Crippen LogP contribution in [-0.2, 0) is 4.74 Å². The Hall–Kier alpha value is -3.47. The average Bonchev–Trinajstić information content (AvgIpc) is 2.82. The summed E-state index contributed by atoms with van der Waals surface area (Å²) in [7, 11) is 1.38. The zero-order valence-corrected chi connectivity index (χ0v) is 19.6. The quantitative estimate of drug-likeness (QED) is 0.371. The van der Waals surface area contributed by atoms with Gasteiger partial charge in [-0.15, -0.1) is 0 Å². The maximum Gasteiger partial charge on any atom is 0.337 e. The minimum Gasteiger partial charge on any atom is -0.465 e. The van der Waals surface area contributed by atoms with Crippen molar-refractivity contribution in [2.75, 3.05) is 20.2 Å². The maximum atomic E-state index is 13.2. The molecule has 0 saturated carbocycles. The Labute approximate surface area is 194 Å². The summed E-state index contributed by atoms with van der Waals surface area (Å²) >= 11 is 0. The van der Waals surface area contributed by atoms with Gasteiger partial charge in [0.15, 0.2) is 6.29 Å². The molecule has 1 atom stereocenters. The number of carbonyl (C=O) groups is 3. The number of hydrogen-bond acceptors (Lipinski definition) is 4. The van der Waals surface area contributed by atoms with Gasteiger partial charge in [0.1, 0.15) is 0 Å². The lowest BCUT2D eigenvalue weighted by molar-refractivity contribution is 0.0600. The zero-order chi connectivity index (χ0) is 23.8. The van der Waals surface area contributed by atoms with Crippen molar-refractivity contribution in [3.8, 4) is 0 Å². The van der Waals surface area contributed by atoms with Gasteiger partial charge in [0.2, 0.25) is 0 Å². The van der Waals surface area contributed by atoms with E-state index in [1.807, 2.05) is 17.0 Å². The molecule has 5 nitrogen and oxygen atoms in total. The molecule has 0 aromatic heterocycles. The van der Waals surface area contributed by atoms with Gasteiger partial charge in [0.25, 0.3) is 5.91 Å². The predicted molar refractivity (Wildman–Crippen MR) is 128 cm³/mol. The summed E-state index contributed by atoms with van der Waals surface area (Å²) in [5, 5.41) is 0. The maximum absolute atomic E-state index is 13.2. The third kappa shape index (κ3) is 3.92. The first-order chi connectivity index (χ1) is 15.7. The normalized spacial score (nSPS) is 21.4. The van der Waals surface area contributed by atoms with Gasteiger partial charge in [-0.2, -0.15) is 0 Å². The van der Waals surface area contributed by atoms with Gasteiger partial charge >= 0.3 is 5.97 Å². The Morgan fingerprint density at radius 2 is 1.70 bits per heavy atom. The number of amides is 1. The van der Waals surface area contributed by atoms with Crippen molar-refractivity contribution in [2.24, 2.45) is 10.8 Å². The van der Waals surface area contributed by atoms with Gasteiger partial charge in [0, 0.05) is 29.5 Å². The number of fused-ring (bicyclic) bond motifs is 1. The molecule has 0 unspecified atom stereocenters. The predicted octanol–water partition coefficient (Wildman–Crippen LogP) is 5.19. The largest absolute Gasteiger partial charge is 0.465 e. The fourth-order valence-corrected chi connectivity index (χ4v) is 5.43. The standard InChI is InChI=1S/C28H29NO4/c1-27(2)23(19-9-11-20(12-10-19)26(32)33-4)13-15-28(3)18-29(16-14-24(27)28)25(31)22-8-6-5-7-21(22)17-30/h5-14,17H,15-16,18H2,1-4H3/t28-/m1/s1. The van der Waals surface area contributed by atoms with Crippen molar-refractivity contribution in [3.05, 3.63) is 88.5 Å². The van der Waals surface area contributed by atoms with Gasteiger partial charge < -0.3 is 9.64 Å². The molecule has 0 fully saturated rings. The molecule has 33 heavy (non-hydrogen) atoms. The number of hydrogen-bond donors (Lipinski definition) is 0. The lowest BCUT2D eigenvalue weighted by Crippen LogP contribution is -2.48. The number of esters is 1. The molecular formula is C28H29NO4. The lowest BCUT2D eigenvalue weighted by Gasteiger charge is -2.50. The van der Waals surface area contributed by atoms with E-state index in [0.29, 0.717) is 29.8 Å². The minimum atomic E-state index is -0.345. The van der Waals surface area contributed by atoms with Crippen molar-refractivity contribution in [2.45, 2.75) is 27.2 Å². The summed E-state index contributed by atoms with van der Waals surface area (Å²) in [6.45, 7) is 7.75. The summed E-state index contributed by atoms with van der Waals surface area (Å²) in [5.41, 5.74) is 4.59. The molecule has 0 radical (unpaired) electrons. The molecule has 0 N–H and O–H groups in total. The molecule has 1 aliphatic heterocycles. The van der Waals surface area contributed by atoms with E-state index in [1.54, 1.807) is 36.4 Å². The van der Waals surface area contributed by atoms with Crippen LogP contribution in [-0.4, -0.2) is 43.3 Å². The third-order valence-corrected chi connectivity index (χ3v) is 7.03. The highest BCUT2D eigenvalue weighted by atomic mass is 16.5. The highest BCUT2D eigenvalue weighted by molar-refractivity contribution is 6.01. The second kappa shape index (κ2) is 8.47. The van der Waals surface area contributed by atoms with Crippen molar-refractivity contribution < 1.29 is 19.1 Å².